The Labute approximate surface area is 146 Å². The molecule has 9 nitrogen and oxygen atoms in total. The fraction of sp³-hybridized carbons (Fsp3) is 0.267. The number of hydrogen-bond acceptors (Lipinski definition) is 7. The van der Waals surface area contributed by atoms with Crippen molar-refractivity contribution in [3.05, 3.63) is 35.5 Å². The molecule has 1 saturated heterocycles. The second-order valence-corrected chi connectivity index (χ2v) is 6.34. The summed E-state index contributed by atoms with van der Waals surface area (Å²) in [6.07, 6.45) is -0.467. The van der Waals surface area contributed by atoms with Crippen molar-refractivity contribution < 1.29 is 14.3 Å². The molecule has 3 aromatic rings. The first-order chi connectivity index (χ1) is 12.2. The molecule has 1 N–H and O–H groups in total. The molecule has 1 aliphatic heterocycles. The summed E-state index contributed by atoms with van der Waals surface area (Å²) in [5.74, 6) is 0.232. The van der Waals surface area contributed by atoms with Gasteiger partial charge in [-0.25, -0.2) is 4.79 Å². The van der Waals surface area contributed by atoms with E-state index < -0.39 is 6.09 Å². The molecule has 0 aliphatic carbocycles. The van der Waals surface area contributed by atoms with Gasteiger partial charge in [-0.1, -0.05) is 6.07 Å². The predicted octanol–water partition coefficient (Wildman–Crippen LogP) is 0.921. The van der Waals surface area contributed by atoms with Crippen molar-refractivity contribution >= 4 is 29.0 Å². The summed E-state index contributed by atoms with van der Waals surface area (Å²) in [6, 6.07) is 7.67. The lowest BCUT2D eigenvalue weighted by molar-refractivity contribution is -0.121. The number of cyclic esters (lactones) is 1. The van der Waals surface area contributed by atoms with Crippen molar-refractivity contribution in [3.63, 3.8) is 0 Å². The van der Waals surface area contributed by atoms with E-state index in [0.29, 0.717) is 24.6 Å². The highest BCUT2D eigenvalue weighted by Crippen LogP contribution is 2.22. The van der Waals surface area contributed by atoms with Gasteiger partial charge in [0, 0.05) is 0 Å². The third-order valence-corrected chi connectivity index (χ3v) is 4.62. The summed E-state index contributed by atoms with van der Waals surface area (Å²) in [4.78, 5) is 25.7. The van der Waals surface area contributed by atoms with Crippen LogP contribution in [0.15, 0.2) is 29.6 Å². The largest absolute Gasteiger partial charge is 0.448 e. The molecule has 4 rings (SSSR count). The zero-order chi connectivity index (χ0) is 17.2. The van der Waals surface area contributed by atoms with Crippen LogP contribution in [-0.4, -0.2) is 56.4 Å². The lowest BCUT2D eigenvalue weighted by Gasteiger charge is -2.11. The van der Waals surface area contributed by atoms with Crippen LogP contribution in [0.25, 0.3) is 16.2 Å². The molecule has 0 bridgehead atoms. The molecule has 0 saturated carbocycles. The molecule has 0 radical (unpaired) electrons. The maximum atomic E-state index is 12.0. The van der Waals surface area contributed by atoms with E-state index >= 15 is 0 Å². The van der Waals surface area contributed by atoms with Crippen molar-refractivity contribution in [2.45, 2.75) is 6.54 Å². The third-order valence-electron chi connectivity index (χ3n) is 3.72. The minimum atomic E-state index is -0.467. The number of hydrogen-bond donors (Lipinski definition) is 1. The zero-order valence-electron chi connectivity index (χ0n) is 13.1. The zero-order valence-corrected chi connectivity index (χ0v) is 13.9. The van der Waals surface area contributed by atoms with Crippen molar-refractivity contribution in [2.24, 2.45) is 0 Å². The molecule has 3 aromatic heterocycles. The highest BCUT2D eigenvalue weighted by molar-refractivity contribution is 7.13. The number of nitrogens with one attached hydrogen (secondary N) is 1. The van der Waals surface area contributed by atoms with E-state index in [-0.39, 0.29) is 19.0 Å². The summed E-state index contributed by atoms with van der Waals surface area (Å²) in [5.41, 5.74) is 1.42. The van der Waals surface area contributed by atoms with Crippen LogP contribution in [0.3, 0.4) is 0 Å². The lowest BCUT2D eigenvalue weighted by Crippen LogP contribution is -2.37. The van der Waals surface area contributed by atoms with Gasteiger partial charge in [-0.15, -0.1) is 21.5 Å². The molecule has 1 aliphatic rings. The maximum absolute atomic E-state index is 12.0. The maximum Gasteiger partial charge on any atom is 0.410 e. The Kier molecular flexibility index (Phi) is 4.02. The van der Waals surface area contributed by atoms with Gasteiger partial charge in [-0.3, -0.25) is 9.69 Å². The Morgan fingerprint density at radius 1 is 1.32 bits per heavy atom. The minimum absolute atomic E-state index is 0.0383. The SMILES string of the molecule is O=C(CN1CCOC1=O)NCc1nnc2ccc(-c3cccs3)nn12. The number of nitrogens with zero attached hydrogens (tertiary/aromatic N) is 5. The summed E-state index contributed by atoms with van der Waals surface area (Å²) in [7, 11) is 0. The Morgan fingerprint density at radius 3 is 3.00 bits per heavy atom. The molecule has 128 valence electrons. The predicted molar refractivity (Wildman–Crippen MR) is 88.9 cm³/mol. The van der Waals surface area contributed by atoms with Crippen molar-refractivity contribution in [3.8, 4) is 10.6 Å². The van der Waals surface area contributed by atoms with Gasteiger partial charge < -0.3 is 10.1 Å². The summed E-state index contributed by atoms with van der Waals surface area (Å²) >= 11 is 1.59. The second kappa shape index (κ2) is 6.48. The fourth-order valence-corrected chi connectivity index (χ4v) is 3.17. The molecule has 25 heavy (non-hydrogen) atoms. The van der Waals surface area contributed by atoms with Gasteiger partial charge >= 0.3 is 6.09 Å². The molecule has 4 heterocycles. The Morgan fingerprint density at radius 2 is 2.24 bits per heavy atom. The van der Waals surface area contributed by atoms with Crippen LogP contribution in [0, 0.1) is 0 Å². The van der Waals surface area contributed by atoms with Crippen LogP contribution < -0.4 is 5.32 Å². The Hall–Kier alpha value is -3.01. The first-order valence-electron chi connectivity index (χ1n) is 7.64. The average Bonchev–Trinajstić information content (AvgIpc) is 3.34. The molecule has 10 heteroatoms. The fourth-order valence-electron chi connectivity index (χ4n) is 2.48. The summed E-state index contributed by atoms with van der Waals surface area (Å²) in [5, 5.41) is 17.4. The first kappa shape index (κ1) is 15.5. The standard InChI is InChI=1S/C15H14N6O3S/c22-14(9-20-5-6-24-15(20)23)16-8-13-18-17-12-4-3-10(19-21(12)13)11-2-1-7-25-11/h1-4,7H,5-6,8-9H2,(H,16,22). The van der Waals surface area contributed by atoms with E-state index in [1.54, 1.807) is 15.9 Å². The van der Waals surface area contributed by atoms with Crippen LogP contribution >= 0.6 is 11.3 Å². The van der Waals surface area contributed by atoms with Crippen LogP contribution in [0.2, 0.25) is 0 Å². The molecular weight excluding hydrogens is 344 g/mol. The van der Waals surface area contributed by atoms with Crippen LogP contribution in [0.5, 0.6) is 0 Å². The van der Waals surface area contributed by atoms with Gasteiger partial charge in [0.05, 0.1) is 18.0 Å². The van der Waals surface area contributed by atoms with Crippen LogP contribution in [0.4, 0.5) is 4.79 Å². The third kappa shape index (κ3) is 3.15. The topological polar surface area (TPSA) is 102 Å². The normalized spacial score (nSPS) is 14.1. The van der Waals surface area contributed by atoms with E-state index in [9.17, 15) is 9.59 Å². The van der Waals surface area contributed by atoms with Gasteiger partial charge in [0.15, 0.2) is 11.5 Å². The van der Waals surface area contributed by atoms with Gasteiger partial charge in [0.1, 0.15) is 18.8 Å². The quantitative estimate of drug-likeness (QED) is 0.728. The minimum Gasteiger partial charge on any atom is -0.448 e. The summed E-state index contributed by atoms with van der Waals surface area (Å²) < 4.78 is 6.41. The van der Waals surface area contributed by atoms with Gasteiger partial charge in [-0.05, 0) is 23.6 Å². The van der Waals surface area contributed by atoms with Crippen LogP contribution in [0.1, 0.15) is 5.82 Å². The monoisotopic (exact) mass is 358 g/mol. The number of rotatable bonds is 5. The average molecular weight is 358 g/mol. The van der Waals surface area contributed by atoms with Gasteiger partial charge in [0.2, 0.25) is 5.91 Å². The van der Waals surface area contributed by atoms with E-state index in [4.69, 9.17) is 4.74 Å². The van der Waals surface area contributed by atoms with Crippen molar-refractivity contribution in [1.82, 2.24) is 30.0 Å². The Bertz CT molecular complexity index is 923. The second-order valence-electron chi connectivity index (χ2n) is 5.39. The molecule has 2 amide bonds. The highest BCUT2D eigenvalue weighted by atomic mass is 32.1. The number of ether oxygens (including phenoxy) is 1. The lowest BCUT2D eigenvalue weighted by atomic mass is 10.3. The molecule has 0 spiro atoms. The number of amides is 2. The molecule has 0 atom stereocenters. The van der Waals surface area contributed by atoms with E-state index in [1.807, 2.05) is 29.6 Å². The number of aromatic nitrogens is 4. The Balaban J connectivity index is 1.47. The van der Waals surface area contributed by atoms with Crippen molar-refractivity contribution in [1.29, 1.82) is 0 Å². The van der Waals surface area contributed by atoms with Gasteiger partial charge in [-0.2, -0.15) is 9.61 Å². The smallest absolute Gasteiger partial charge is 0.410 e. The number of carbonyl (C=O) groups is 2. The molecule has 0 unspecified atom stereocenters. The van der Waals surface area contributed by atoms with E-state index in [0.717, 1.165) is 10.6 Å². The number of fused-ring (bicyclic) bond motifs is 1. The van der Waals surface area contributed by atoms with E-state index in [1.165, 1.54) is 4.90 Å². The number of thiophene rings is 1. The molecule has 0 aromatic carbocycles. The first-order valence-corrected chi connectivity index (χ1v) is 8.52. The van der Waals surface area contributed by atoms with Crippen molar-refractivity contribution in [2.75, 3.05) is 19.7 Å². The molecular formula is C15H14N6O3S. The van der Waals surface area contributed by atoms with E-state index in [2.05, 4.69) is 20.6 Å². The molecule has 1 fully saturated rings. The number of carbonyl (C=O) groups excluding carboxylic acids is 2. The summed E-state index contributed by atoms with van der Waals surface area (Å²) in [6.45, 7) is 0.870. The van der Waals surface area contributed by atoms with Crippen LogP contribution in [-0.2, 0) is 16.1 Å². The van der Waals surface area contributed by atoms with Gasteiger partial charge in [0.25, 0.3) is 0 Å². The highest BCUT2D eigenvalue weighted by Gasteiger charge is 2.24.